The van der Waals surface area contributed by atoms with Crippen LogP contribution in [0.4, 0.5) is 11.5 Å². The molecule has 24 heavy (non-hydrogen) atoms. The average Bonchev–Trinajstić information content (AvgIpc) is 2.55. The number of nitro benzene ring substituents is 1. The van der Waals surface area contributed by atoms with Gasteiger partial charge in [-0.25, -0.2) is 4.98 Å². The SMILES string of the molecule is COCc1cc(C)nc(N/N=C/c2ccccc2[N+](=O)[O-])c1C#N. The summed E-state index contributed by atoms with van der Waals surface area (Å²) in [5.74, 6) is 0.277. The number of pyridine rings is 1. The Kier molecular flexibility index (Phi) is 5.54. The van der Waals surface area contributed by atoms with E-state index >= 15 is 0 Å². The lowest BCUT2D eigenvalue weighted by Crippen LogP contribution is -2.04. The molecule has 0 saturated heterocycles. The molecule has 0 radical (unpaired) electrons. The molecule has 122 valence electrons. The Bertz CT molecular complexity index is 827. The molecule has 1 heterocycles. The molecular weight excluding hydrogens is 310 g/mol. The molecular formula is C16H15N5O3. The molecule has 2 aromatic rings. The first-order valence-electron chi connectivity index (χ1n) is 6.99. The molecule has 0 aliphatic carbocycles. The fraction of sp³-hybridized carbons (Fsp3) is 0.188. The normalized spacial score (nSPS) is 10.5. The van der Waals surface area contributed by atoms with Crippen LogP contribution in [-0.2, 0) is 11.3 Å². The molecule has 1 aromatic carbocycles. The number of benzene rings is 1. The molecule has 1 aromatic heterocycles. The topological polar surface area (TPSA) is 113 Å². The monoisotopic (exact) mass is 325 g/mol. The summed E-state index contributed by atoms with van der Waals surface area (Å²) in [6.07, 6.45) is 1.32. The third-order valence-electron chi connectivity index (χ3n) is 3.15. The Hall–Kier alpha value is -3.31. The molecule has 0 unspecified atom stereocenters. The Morgan fingerprint density at radius 1 is 1.50 bits per heavy atom. The fourth-order valence-electron chi connectivity index (χ4n) is 2.14. The summed E-state index contributed by atoms with van der Waals surface area (Å²) in [6.45, 7) is 2.06. The quantitative estimate of drug-likeness (QED) is 0.496. The largest absolute Gasteiger partial charge is 0.380 e. The van der Waals surface area contributed by atoms with Gasteiger partial charge in [0, 0.05) is 24.4 Å². The number of hydrazone groups is 1. The fourth-order valence-corrected chi connectivity index (χ4v) is 2.14. The number of nitrogens with zero attached hydrogens (tertiary/aromatic N) is 4. The summed E-state index contributed by atoms with van der Waals surface area (Å²) in [7, 11) is 1.54. The highest BCUT2D eigenvalue weighted by Gasteiger charge is 2.12. The molecule has 0 spiro atoms. The van der Waals surface area contributed by atoms with Crippen molar-refractivity contribution in [2.24, 2.45) is 5.10 Å². The molecule has 8 nitrogen and oxygen atoms in total. The first kappa shape index (κ1) is 17.1. The van der Waals surface area contributed by atoms with Gasteiger partial charge >= 0.3 is 0 Å². The molecule has 2 rings (SSSR count). The number of methoxy groups -OCH3 is 1. The maximum absolute atomic E-state index is 11.0. The maximum atomic E-state index is 11.0. The minimum absolute atomic E-state index is 0.0548. The number of hydrogen-bond acceptors (Lipinski definition) is 7. The predicted octanol–water partition coefficient (Wildman–Crippen LogP) is 2.76. The smallest absolute Gasteiger partial charge is 0.278 e. The van der Waals surface area contributed by atoms with Gasteiger partial charge < -0.3 is 4.74 Å². The molecule has 1 N–H and O–H groups in total. The van der Waals surface area contributed by atoms with Crippen LogP contribution < -0.4 is 5.43 Å². The Morgan fingerprint density at radius 2 is 2.25 bits per heavy atom. The average molecular weight is 325 g/mol. The second kappa shape index (κ2) is 7.80. The third kappa shape index (κ3) is 3.91. The highest BCUT2D eigenvalue weighted by Crippen LogP contribution is 2.20. The van der Waals surface area contributed by atoms with Crippen molar-refractivity contribution in [1.29, 1.82) is 5.26 Å². The van der Waals surface area contributed by atoms with Crippen molar-refractivity contribution in [3.63, 3.8) is 0 Å². The number of rotatable bonds is 6. The second-order valence-electron chi connectivity index (χ2n) is 4.88. The van der Waals surface area contributed by atoms with Crippen LogP contribution in [0.15, 0.2) is 35.4 Å². The van der Waals surface area contributed by atoms with Gasteiger partial charge in [0.1, 0.15) is 11.6 Å². The Balaban J connectivity index is 2.30. The van der Waals surface area contributed by atoms with Gasteiger partial charge in [0.05, 0.1) is 23.3 Å². The van der Waals surface area contributed by atoms with E-state index in [9.17, 15) is 15.4 Å². The predicted molar refractivity (Wildman–Crippen MR) is 88.7 cm³/mol. The van der Waals surface area contributed by atoms with E-state index in [1.54, 1.807) is 31.2 Å². The molecule has 0 aliphatic heterocycles. The zero-order chi connectivity index (χ0) is 17.5. The van der Waals surface area contributed by atoms with Gasteiger partial charge in [-0.3, -0.25) is 15.5 Å². The highest BCUT2D eigenvalue weighted by atomic mass is 16.6. The number of aryl methyl sites for hydroxylation is 1. The van der Waals surface area contributed by atoms with E-state index in [2.05, 4.69) is 21.6 Å². The Morgan fingerprint density at radius 3 is 2.92 bits per heavy atom. The number of para-hydroxylation sites is 1. The van der Waals surface area contributed by atoms with Gasteiger partial charge in [0.15, 0.2) is 5.82 Å². The van der Waals surface area contributed by atoms with Crippen molar-refractivity contribution in [3.05, 3.63) is 62.8 Å². The number of hydrogen-bond donors (Lipinski definition) is 1. The van der Waals surface area contributed by atoms with Crippen LogP contribution in [-0.4, -0.2) is 23.2 Å². The minimum Gasteiger partial charge on any atom is -0.380 e. The second-order valence-corrected chi connectivity index (χ2v) is 4.88. The van der Waals surface area contributed by atoms with Gasteiger partial charge in [-0.05, 0) is 19.1 Å². The molecule has 0 amide bonds. The lowest BCUT2D eigenvalue weighted by molar-refractivity contribution is -0.385. The molecule has 8 heteroatoms. The molecule has 0 bridgehead atoms. The van der Waals surface area contributed by atoms with Crippen LogP contribution in [0.3, 0.4) is 0 Å². The van der Waals surface area contributed by atoms with Crippen molar-refractivity contribution in [3.8, 4) is 6.07 Å². The van der Waals surface area contributed by atoms with Crippen molar-refractivity contribution in [2.75, 3.05) is 12.5 Å². The van der Waals surface area contributed by atoms with Gasteiger partial charge in [0.2, 0.25) is 0 Å². The van der Waals surface area contributed by atoms with Crippen LogP contribution in [0, 0.1) is 28.4 Å². The van der Waals surface area contributed by atoms with Gasteiger partial charge in [-0.15, -0.1) is 0 Å². The van der Waals surface area contributed by atoms with Gasteiger partial charge in [-0.1, -0.05) is 12.1 Å². The third-order valence-corrected chi connectivity index (χ3v) is 3.15. The van der Waals surface area contributed by atoms with Crippen molar-refractivity contribution >= 4 is 17.7 Å². The number of nitriles is 1. The highest BCUT2D eigenvalue weighted by molar-refractivity contribution is 5.85. The van der Waals surface area contributed by atoms with E-state index in [1.165, 1.54) is 19.4 Å². The van der Waals surface area contributed by atoms with Gasteiger partial charge in [0.25, 0.3) is 5.69 Å². The zero-order valence-electron chi connectivity index (χ0n) is 13.2. The van der Waals surface area contributed by atoms with E-state index in [0.29, 0.717) is 22.4 Å². The number of ether oxygens (including phenoxy) is 1. The number of anilines is 1. The number of aromatic nitrogens is 1. The van der Waals surface area contributed by atoms with E-state index in [1.807, 2.05) is 0 Å². The summed E-state index contributed by atoms with van der Waals surface area (Å²) in [4.78, 5) is 14.7. The lowest BCUT2D eigenvalue weighted by Gasteiger charge is -2.09. The molecule has 0 aliphatic rings. The van der Waals surface area contributed by atoms with Crippen LogP contribution in [0.2, 0.25) is 0 Å². The van der Waals surface area contributed by atoms with Crippen molar-refractivity contribution in [2.45, 2.75) is 13.5 Å². The first-order chi connectivity index (χ1) is 11.6. The van der Waals surface area contributed by atoms with Crippen LogP contribution in [0.25, 0.3) is 0 Å². The summed E-state index contributed by atoms with van der Waals surface area (Å²) in [5, 5.41) is 24.3. The summed E-state index contributed by atoms with van der Waals surface area (Å²) >= 11 is 0. The van der Waals surface area contributed by atoms with Gasteiger partial charge in [-0.2, -0.15) is 10.4 Å². The summed E-state index contributed by atoms with van der Waals surface area (Å²) in [5.41, 5.74) is 4.68. The van der Waals surface area contributed by atoms with Crippen LogP contribution >= 0.6 is 0 Å². The minimum atomic E-state index is -0.482. The van der Waals surface area contributed by atoms with E-state index < -0.39 is 4.92 Å². The van der Waals surface area contributed by atoms with Crippen LogP contribution in [0.5, 0.6) is 0 Å². The Labute approximate surface area is 138 Å². The van der Waals surface area contributed by atoms with E-state index in [-0.39, 0.29) is 18.1 Å². The molecule has 0 saturated carbocycles. The standard InChI is InChI=1S/C16H15N5O3/c1-11-7-13(10-24-2)14(8-17)16(19-11)20-18-9-12-5-3-4-6-15(12)21(22)23/h3-7,9H,10H2,1-2H3,(H,19,20)/b18-9+. The lowest BCUT2D eigenvalue weighted by atomic mass is 10.1. The molecule has 0 atom stereocenters. The van der Waals surface area contributed by atoms with Crippen molar-refractivity contribution < 1.29 is 9.66 Å². The summed E-state index contributed by atoms with van der Waals surface area (Å²) < 4.78 is 5.08. The molecule has 0 fully saturated rings. The van der Waals surface area contributed by atoms with E-state index in [0.717, 1.165) is 0 Å². The first-order valence-corrected chi connectivity index (χ1v) is 6.99. The number of nitrogens with one attached hydrogen (secondary N) is 1. The zero-order valence-corrected chi connectivity index (χ0v) is 13.2. The van der Waals surface area contributed by atoms with E-state index in [4.69, 9.17) is 4.74 Å². The maximum Gasteiger partial charge on any atom is 0.278 e. The number of nitro groups is 1. The summed E-state index contributed by atoms with van der Waals surface area (Å²) in [6, 6.07) is 10.1. The van der Waals surface area contributed by atoms with Crippen LogP contribution in [0.1, 0.15) is 22.4 Å². The van der Waals surface area contributed by atoms with Crippen molar-refractivity contribution in [1.82, 2.24) is 4.98 Å².